The molecule has 0 aromatic carbocycles. The predicted molar refractivity (Wildman–Crippen MR) is 57.1 cm³/mol. The summed E-state index contributed by atoms with van der Waals surface area (Å²) in [4.78, 5) is 11.4. The molecule has 0 rings (SSSR count). The van der Waals surface area contributed by atoms with Crippen LogP contribution >= 0.6 is 0 Å². The van der Waals surface area contributed by atoms with Crippen molar-refractivity contribution in [3.8, 4) is 0 Å². The highest BCUT2D eigenvalue weighted by molar-refractivity contribution is 5.78. The SMILES string of the molecule is CCCNCC(=O)NC(C)(C)CCO. The smallest absolute Gasteiger partial charge is 0.234 e. The van der Waals surface area contributed by atoms with Crippen molar-refractivity contribution in [2.24, 2.45) is 0 Å². The average molecular weight is 202 g/mol. The van der Waals surface area contributed by atoms with Gasteiger partial charge in [-0.3, -0.25) is 4.79 Å². The van der Waals surface area contributed by atoms with Crippen LogP contribution in [0.15, 0.2) is 0 Å². The molecule has 14 heavy (non-hydrogen) atoms. The lowest BCUT2D eigenvalue weighted by atomic mass is 10.0. The van der Waals surface area contributed by atoms with Crippen LogP contribution < -0.4 is 10.6 Å². The lowest BCUT2D eigenvalue weighted by Crippen LogP contribution is -2.47. The van der Waals surface area contributed by atoms with Gasteiger partial charge >= 0.3 is 0 Å². The van der Waals surface area contributed by atoms with E-state index in [0.717, 1.165) is 13.0 Å². The van der Waals surface area contributed by atoms with E-state index in [1.165, 1.54) is 0 Å². The van der Waals surface area contributed by atoms with E-state index >= 15 is 0 Å². The van der Waals surface area contributed by atoms with Crippen LogP contribution in [-0.2, 0) is 4.79 Å². The molecule has 0 heterocycles. The quantitative estimate of drug-likeness (QED) is 0.519. The van der Waals surface area contributed by atoms with E-state index in [9.17, 15) is 4.79 Å². The lowest BCUT2D eigenvalue weighted by molar-refractivity contribution is -0.121. The topological polar surface area (TPSA) is 61.4 Å². The summed E-state index contributed by atoms with van der Waals surface area (Å²) < 4.78 is 0. The second kappa shape index (κ2) is 6.79. The normalized spacial score (nSPS) is 11.4. The van der Waals surface area contributed by atoms with Gasteiger partial charge in [0.1, 0.15) is 0 Å². The first-order valence-electron chi connectivity index (χ1n) is 5.14. The highest BCUT2D eigenvalue weighted by atomic mass is 16.3. The Hall–Kier alpha value is -0.610. The lowest BCUT2D eigenvalue weighted by Gasteiger charge is -2.25. The number of carbonyl (C=O) groups excluding carboxylic acids is 1. The van der Waals surface area contributed by atoms with Crippen LogP contribution in [0.1, 0.15) is 33.6 Å². The van der Waals surface area contributed by atoms with E-state index in [2.05, 4.69) is 17.6 Å². The molecule has 0 saturated carbocycles. The van der Waals surface area contributed by atoms with Gasteiger partial charge in [-0.1, -0.05) is 6.92 Å². The van der Waals surface area contributed by atoms with Crippen molar-refractivity contribution < 1.29 is 9.90 Å². The summed E-state index contributed by atoms with van der Waals surface area (Å²) >= 11 is 0. The molecule has 4 nitrogen and oxygen atoms in total. The minimum atomic E-state index is -0.320. The molecule has 3 N–H and O–H groups in total. The second-order valence-electron chi connectivity index (χ2n) is 4.08. The number of aliphatic hydroxyl groups is 1. The van der Waals surface area contributed by atoms with E-state index in [-0.39, 0.29) is 18.1 Å². The zero-order chi connectivity index (χ0) is 11.0. The maximum absolute atomic E-state index is 11.4. The monoisotopic (exact) mass is 202 g/mol. The molecule has 0 bridgehead atoms. The minimum absolute atomic E-state index is 0.0168. The van der Waals surface area contributed by atoms with Gasteiger partial charge in [0, 0.05) is 12.1 Å². The third-order valence-corrected chi connectivity index (χ3v) is 1.93. The molecule has 1 amide bonds. The molecule has 0 saturated heterocycles. The van der Waals surface area contributed by atoms with E-state index in [0.29, 0.717) is 13.0 Å². The largest absolute Gasteiger partial charge is 0.396 e. The molecular weight excluding hydrogens is 180 g/mol. The highest BCUT2D eigenvalue weighted by Gasteiger charge is 2.18. The Labute approximate surface area is 86.1 Å². The van der Waals surface area contributed by atoms with Gasteiger partial charge in [-0.05, 0) is 33.2 Å². The molecule has 0 aliphatic rings. The fourth-order valence-corrected chi connectivity index (χ4v) is 1.14. The Bertz CT molecular complexity index is 170. The molecule has 4 heteroatoms. The Morgan fingerprint density at radius 2 is 2.07 bits per heavy atom. The van der Waals surface area contributed by atoms with Crippen LogP contribution in [0.2, 0.25) is 0 Å². The summed E-state index contributed by atoms with van der Waals surface area (Å²) in [6, 6.07) is 0. The number of amides is 1. The number of nitrogens with one attached hydrogen (secondary N) is 2. The Morgan fingerprint density at radius 3 is 2.57 bits per heavy atom. The molecule has 0 aliphatic carbocycles. The third-order valence-electron chi connectivity index (χ3n) is 1.93. The van der Waals surface area contributed by atoms with Crippen molar-refractivity contribution in [3.05, 3.63) is 0 Å². The van der Waals surface area contributed by atoms with Crippen LogP contribution in [0.3, 0.4) is 0 Å². The first kappa shape index (κ1) is 13.4. The van der Waals surface area contributed by atoms with E-state index < -0.39 is 0 Å². The maximum atomic E-state index is 11.4. The summed E-state index contributed by atoms with van der Waals surface area (Å²) in [5, 5.41) is 14.6. The number of hydrogen-bond acceptors (Lipinski definition) is 3. The van der Waals surface area contributed by atoms with Gasteiger partial charge in [0.25, 0.3) is 0 Å². The van der Waals surface area contributed by atoms with Crippen LogP contribution in [0.5, 0.6) is 0 Å². The van der Waals surface area contributed by atoms with Gasteiger partial charge in [-0.2, -0.15) is 0 Å². The van der Waals surface area contributed by atoms with Crippen LogP contribution in [0, 0.1) is 0 Å². The molecule has 0 aromatic heterocycles. The van der Waals surface area contributed by atoms with E-state index in [1.54, 1.807) is 0 Å². The Balaban J connectivity index is 3.69. The zero-order valence-electron chi connectivity index (χ0n) is 9.39. The summed E-state index contributed by atoms with van der Waals surface area (Å²) in [5.74, 6) is -0.0168. The molecule has 0 radical (unpaired) electrons. The van der Waals surface area contributed by atoms with Gasteiger partial charge in [0.05, 0.1) is 6.54 Å². The van der Waals surface area contributed by atoms with Crippen LogP contribution in [0.25, 0.3) is 0 Å². The predicted octanol–water partition coefficient (Wildman–Crippen LogP) is 0.263. The molecule has 0 aromatic rings. The van der Waals surface area contributed by atoms with Crippen molar-refractivity contribution in [3.63, 3.8) is 0 Å². The third kappa shape index (κ3) is 6.86. The van der Waals surface area contributed by atoms with Crippen molar-refractivity contribution in [1.82, 2.24) is 10.6 Å². The van der Waals surface area contributed by atoms with Crippen LogP contribution in [-0.4, -0.2) is 36.2 Å². The first-order chi connectivity index (χ1) is 6.52. The van der Waals surface area contributed by atoms with E-state index in [1.807, 2.05) is 13.8 Å². The number of aliphatic hydroxyl groups excluding tert-OH is 1. The average Bonchev–Trinajstić information content (AvgIpc) is 2.03. The standard InChI is InChI=1S/C10H22N2O2/c1-4-6-11-8-9(14)12-10(2,3)5-7-13/h11,13H,4-8H2,1-3H3,(H,12,14). The highest BCUT2D eigenvalue weighted by Crippen LogP contribution is 2.06. The zero-order valence-corrected chi connectivity index (χ0v) is 9.39. The molecule has 84 valence electrons. The van der Waals surface area contributed by atoms with Crippen molar-refractivity contribution >= 4 is 5.91 Å². The second-order valence-corrected chi connectivity index (χ2v) is 4.08. The minimum Gasteiger partial charge on any atom is -0.396 e. The van der Waals surface area contributed by atoms with Gasteiger partial charge in [0.15, 0.2) is 0 Å². The van der Waals surface area contributed by atoms with Crippen molar-refractivity contribution in [2.75, 3.05) is 19.7 Å². The van der Waals surface area contributed by atoms with Crippen LogP contribution in [0.4, 0.5) is 0 Å². The molecule has 0 fully saturated rings. The van der Waals surface area contributed by atoms with Gasteiger partial charge in [0.2, 0.25) is 5.91 Å². The van der Waals surface area contributed by atoms with Crippen molar-refractivity contribution in [1.29, 1.82) is 0 Å². The molecule has 0 atom stereocenters. The maximum Gasteiger partial charge on any atom is 0.234 e. The Kier molecular flexibility index (Phi) is 6.49. The number of hydrogen-bond donors (Lipinski definition) is 3. The summed E-state index contributed by atoms with van der Waals surface area (Å²) in [5.41, 5.74) is -0.320. The fraction of sp³-hybridized carbons (Fsp3) is 0.900. The fourth-order valence-electron chi connectivity index (χ4n) is 1.14. The number of rotatable bonds is 7. The molecular formula is C10H22N2O2. The molecule has 0 unspecified atom stereocenters. The number of carbonyl (C=O) groups is 1. The summed E-state index contributed by atoms with van der Waals surface area (Å²) in [7, 11) is 0. The van der Waals surface area contributed by atoms with Crippen molar-refractivity contribution in [2.45, 2.75) is 39.2 Å². The summed E-state index contributed by atoms with van der Waals surface area (Å²) in [6.45, 7) is 7.16. The Morgan fingerprint density at radius 1 is 1.43 bits per heavy atom. The van der Waals surface area contributed by atoms with Gasteiger partial charge in [-0.25, -0.2) is 0 Å². The summed E-state index contributed by atoms with van der Waals surface area (Å²) in [6.07, 6.45) is 1.60. The molecule has 0 spiro atoms. The van der Waals surface area contributed by atoms with E-state index in [4.69, 9.17) is 5.11 Å². The van der Waals surface area contributed by atoms with Gasteiger partial charge in [-0.15, -0.1) is 0 Å². The van der Waals surface area contributed by atoms with Gasteiger partial charge < -0.3 is 15.7 Å². The first-order valence-corrected chi connectivity index (χ1v) is 5.14. The molecule has 0 aliphatic heterocycles.